The number of carbonyl (C=O) groups is 1. The smallest absolute Gasteiger partial charge is 0.187 e. The molecule has 2 rings (SSSR count). The van der Waals surface area contributed by atoms with Crippen molar-refractivity contribution in [3.05, 3.63) is 71.9 Å². The van der Waals surface area contributed by atoms with Gasteiger partial charge >= 0.3 is 0 Å². The van der Waals surface area contributed by atoms with Gasteiger partial charge in [-0.2, -0.15) is 0 Å². The summed E-state index contributed by atoms with van der Waals surface area (Å²) in [5.74, 6) is 0.816. The van der Waals surface area contributed by atoms with Gasteiger partial charge in [0.1, 0.15) is 5.75 Å². The summed E-state index contributed by atoms with van der Waals surface area (Å²) in [7, 11) is 1.64. The summed E-state index contributed by atoms with van der Waals surface area (Å²) in [5, 5.41) is 3.27. The molecule has 0 aliphatic rings. The number of hydrogen-bond acceptors (Lipinski definition) is 3. The predicted octanol–water partition coefficient (Wildman–Crippen LogP) is 4.28. The van der Waals surface area contributed by atoms with Crippen LogP contribution in [0.2, 0.25) is 0 Å². The van der Waals surface area contributed by atoms with E-state index in [0.29, 0.717) is 5.56 Å². The van der Waals surface area contributed by atoms with Crippen LogP contribution in [0.3, 0.4) is 0 Å². The lowest BCUT2D eigenvalue weighted by Crippen LogP contribution is -2.03. The van der Waals surface area contributed by atoms with Gasteiger partial charge in [-0.1, -0.05) is 37.3 Å². The highest BCUT2D eigenvalue weighted by Crippen LogP contribution is 2.17. The van der Waals surface area contributed by atoms with Gasteiger partial charge in [-0.15, -0.1) is 0 Å². The first-order valence-corrected chi connectivity index (χ1v) is 6.94. The highest BCUT2D eigenvalue weighted by atomic mass is 16.5. The lowest BCUT2D eigenvalue weighted by Gasteiger charge is -2.10. The second kappa shape index (κ2) is 7.29. The van der Waals surface area contributed by atoms with E-state index in [1.165, 1.54) is 0 Å². The van der Waals surface area contributed by atoms with Gasteiger partial charge in [-0.3, -0.25) is 4.79 Å². The Morgan fingerprint density at radius 2 is 1.76 bits per heavy atom. The second-order valence-electron chi connectivity index (χ2n) is 4.61. The van der Waals surface area contributed by atoms with Gasteiger partial charge in [0.2, 0.25) is 0 Å². The van der Waals surface area contributed by atoms with Crippen LogP contribution in [0.25, 0.3) is 0 Å². The average molecular weight is 281 g/mol. The molecular formula is C18H19NO2. The van der Waals surface area contributed by atoms with Crippen molar-refractivity contribution in [3.63, 3.8) is 0 Å². The molecule has 0 saturated heterocycles. The Kier molecular flexibility index (Phi) is 5.16. The largest absolute Gasteiger partial charge is 0.497 e. The maximum Gasteiger partial charge on any atom is 0.187 e. The maximum atomic E-state index is 12.2. The quantitative estimate of drug-likeness (QED) is 0.634. The number of ether oxygens (including phenoxy) is 1. The van der Waals surface area contributed by atoms with Crippen molar-refractivity contribution in [1.29, 1.82) is 0 Å². The van der Waals surface area contributed by atoms with Gasteiger partial charge in [0.05, 0.1) is 7.11 Å². The van der Waals surface area contributed by atoms with E-state index in [0.717, 1.165) is 23.6 Å². The third-order valence-corrected chi connectivity index (χ3v) is 3.14. The van der Waals surface area contributed by atoms with E-state index in [9.17, 15) is 4.79 Å². The number of anilines is 1. The van der Waals surface area contributed by atoms with Crippen LogP contribution in [-0.2, 0) is 0 Å². The summed E-state index contributed by atoms with van der Waals surface area (Å²) in [4.78, 5) is 12.2. The fourth-order valence-electron chi connectivity index (χ4n) is 1.93. The first kappa shape index (κ1) is 14.9. The summed E-state index contributed by atoms with van der Waals surface area (Å²) in [6.07, 6.45) is 2.41. The number of methoxy groups -OCH3 is 1. The summed E-state index contributed by atoms with van der Waals surface area (Å²) < 4.78 is 5.13. The van der Waals surface area contributed by atoms with E-state index in [-0.39, 0.29) is 5.78 Å². The molecule has 0 bridgehead atoms. The van der Waals surface area contributed by atoms with E-state index in [4.69, 9.17) is 4.74 Å². The molecular weight excluding hydrogens is 262 g/mol. The molecule has 0 unspecified atom stereocenters. The van der Waals surface area contributed by atoms with Gasteiger partial charge < -0.3 is 10.1 Å². The second-order valence-corrected chi connectivity index (χ2v) is 4.61. The van der Waals surface area contributed by atoms with Crippen molar-refractivity contribution >= 4 is 11.5 Å². The molecule has 0 spiro atoms. The SMILES string of the molecule is CCC(=CC(=O)c1ccccc1)Nc1ccc(OC)cc1. The van der Waals surface area contributed by atoms with Crippen LogP contribution in [0.5, 0.6) is 5.75 Å². The van der Waals surface area contributed by atoms with Crippen molar-refractivity contribution in [1.82, 2.24) is 0 Å². The maximum absolute atomic E-state index is 12.2. The minimum Gasteiger partial charge on any atom is -0.497 e. The van der Waals surface area contributed by atoms with E-state index >= 15 is 0 Å². The zero-order chi connectivity index (χ0) is 15.1. The average Bonchev–Trinajstić information content (AvgIpc) is 2.55. The molecule has 1 N–H and O–H groups in total. The van der Waals surface area contributed by atoms with Crippen LogP contribution in [0.15, 0.2) is 66.4 Å². The Hall–Kier alpha value is -2.55. The Morgan fingerprint density at radius 3 is 2.33 bits per heavy atom. The molecule has 0 aromatic heterocycles. The molecule has 0 radical (unpaired) electrons. The Labute approximate surface area is 125 Å². The van der Waals surface area contributed by atoms with E-state index < -0.39 is 0 Å². The number of nitrogens with one attached hydrogen (secondary N) is 1. The molecule has 0 aliphatic carbocycles. The first-order valence-electron chi connectivity index (χ1n) is 6.94. The van der Waals surface area contributed by atoms with E-state index in [2.05, 4.69) is 5.32 Å². The lowest BCUT2D eigenvalue weighted by atomic mass is 10.1. The molecule has 2 aromatic carbocycles. The number of hydrogen-bond donors (Lipinski definition) is 1. The predicted molar refractivity (Wildman–Crippen MR) is 85.8 cm³/mol. The van der Waals surface area contributed by atoms with Gasteiger partial charge in [-0.25, -0.2) is 0 Å². The first-order chi connectivity index (χ1) is 10.2. The number of carbonyl (C=O) groups excluding carboxylic acids is 1. The molecule has 0 saturated carbocycles. The molecule has 0 aliphatic heterocycles. The molecule has 0 amide bonds. The zero-order valence-electron chi connectivity index (χ0n) is 12.3. The molecule has 21 heavy (non-hydrogen) atoms. The van der Waals surface area contributed by atoms with Crippen molar-refractivity contribution in [3.8, 4) is 5.75 Å². The standard InChI is InChI=1S/C18H19NO2/c1-3-15(13-18(20)14-7-5-4-6-8-14)19-16-9-11-17(21-2)12-10-16/h4-13,19H,3H2,1-2H3. The Morgan fingerprint density at radius 1 is 1.10 bits per heavy atom. The molecule has 3 nitrogen and oxygen atoms in total. The van der Waals surface area contributed by atoms with E-state index in [1.807, 2.05) is 61.5 Å². The minimum absolute atomic E-state index is 0.00783. The molecule has 0 atom stereocenters. The molecule has 3 heteroatoms. The van der Waals surface area contributed by atoms with Crippen molar-refractivity contribution in [2.75, 3.05) is 12.4 Å². The van der Waals surface area contributed by atoms with Crippen molar-refractivity contribution < 1.29 is 9.53 Å². The third-order valence-electron chi connectivity index (χ3n) is 3.14. The Balaban J connectivity index is 2.11. The number of benzene rings is 2. The lowest BCUT2D eigenvalue weighted by molar-refractivity contribution is 0.104. The van der Waals surface area contributed by atoms with Crippen LogP contribution in [0, 0.1) is 0 Å². The van der Waals surface area contributed by atoms with Gasteiger partial charge in [-0.05, 0) is 30.7 Å². The fraction of sp³-hybridized carbons (Fsp3) is 0.167. The zero-order valence-corrected chi connectivity index (χ0v) is 12.3. The highest BCUT2D eigenvalue weighted by Gasteiger charge is 2.04. The summed E-state index contributed by atoms with van der Waals surface area (Å²) in [6.45, 7) is 2.01. The molecule has 0 fully saturated rings. The van der Waals surface area contributed by atoms with Gasteiger partial charge in [0, 0.05) is 23.0 Å². The van der Waals surface area contributed by atoms with Crippen molar-refractivity contribution in [2.24, 2.45) is 0 Å². The monoisotopic (exact) mass is 281 g/mol. The summed E-state index contributed by atoms with van der Waals surface area (Å²) >= 11 is 0. The summed E-state index contributed by atoms with van der Waals surface area (Å²) in [5.41, 5.74) is 2.51. The molecule has 2 aromatic rings. The normalized spacial score (nSPS) is 11.0. The minimum atomic E-state index is 0.00783. The third kappa shape index (κ3) is 4.21. The topological polar surface area (TPSA) is 38.3 Å². The highest BCUT2D eigenvalue weighted by molar-refractivity contribution is 6.05. The van der Waals surface area contributed by atoms with Gasteiger partial charge in [0.25, 0.3) is 0 Å². The molecule has 0 heterocycles. The van der Waals surface area contributed by atoms with Crippen LogP contribution in [0.4, 0.5) is 5.69 Å². The molecule has 108 valence electrons. The van der Waals surface area contributed by atoms with Crippen LogP contribution >= 0.6 is 0 Å². The van der Waals surface area contributed by atoms with E-state index in [1.54, 1.807) is 13.2 Å². The number of ketones is 1. The van der Waals surface area contributed by atoms with Gasteiger partial charge in [0.15, 0.2) is 5.78 Å². The number of rotatable bonds is 6. The van der Waals surface area contributed by atoms with Crippen LogP contribution in [0.1, 0.15) is 23.7 Å². The summed E-state index contributed by atoms with van der Waals surface area (Å²) in [6, 6.07) is 16.9. The van der Waals surface area contributed by atoms with Crippen LogP contribution < -0.4 is 10.1 Å². The van der Waals surface area contributed by atoms with Crippen LogP contribution in [-0.4, -0.2) is 12.9 Å². The van der Waals surface area contributed by atoms with Crippen molar-refractivity contribution in [2.45, 2.75) is 13.3 Å². The Bertz CT molecular complexity index is 615. The number of allylic oxidation sites excluding steroid dienone is 2. The fourth-order valence-corrected chi connectivity index (χ4v) is 1.93.